The Labute approximate surface area is 161 Å². The van der Waals surface area contributed by atoms with Crippen LogP contribution in [0.1, 0.15) is 65.1 Å². The van der Waals surface area contributed by atoms with E-state index in [2.05, 4.69) is 36.1 Å². The molecule has 1 aliphatic carbocycles. The second-order valence-electron chi connectivity index (χ2n) is 8.49. The van der Waals surface area contributed by atoms with Crippen LogP contribution in [0.4, 0.5) is 0 Å². The molecule has 27 heavy (non-hydrogen) atoms. The molecule has 1 fully saturated rings. The normalized spacial score (nSPS) is 20.6. The molecule has 0 spiro atoms. The van der Waals surface area contributed by atoms with Gasteiger partial charge in [0.15, 0.2) is 0 Å². The number of benzene rings is 1. The number of aromatic amines is 1. The number of rotatable bonds is 6. The Morgan fingerprint density at radius 3 is 2.63 bits per heavy atom. The van der Waals surface area contributed by atoms with Crippen LogP contribution in [-0.2, 0) is 11.2 Å². The second-order valence-corrected chi connectivity index (χ2v) is 8.49. The van der Waals surface area contributed by atoms with Gasteiger partial charge in [0.1, 0.15) is 5.82 Å². The topological polar surface area (TPSA) is 74.8 Å². The van der Waals surface area contributed by atoms with E-state index in [0.29, 0.717) is 35.0 Å². The fraction of sp³-hybridized carbons (Fsp3) is 0.591. The molecule has 146 valence electrons. The van der Waals surface area contributed by atoms with Gasteiger partial charge in [-0.05, 0) is 49.1 Å². The molecule has 0 unspecified atom stereocenters. The van der Waals surface area contributed by atoms with Crippen molar-refractivity contribution in [2.45, 2.75) is 71.8 Å². The third-order valence-corrected chi connectivity index (χ3v) is 6.36. The van der Waals surface area contributed by atoms with E-state index in [-0.39, 0.29) is 17.5 Å². The summed E-state index contributed by atoms with van der Waals surface area (Å²) in [6.45, 7) is 6.97. The molecule has 1 aromatic carbocycles. The fourth-order valence-electron chi connectivity index (χ4n) is 4.09. The summed E-state index contributed by atoms with van der Waals surface area (Å²) in [6.07, 6.45) is 6.49. The zero-order valence-corrected chi connectivity index (χ0v) is 16.7. The summed E-state index contributed by atoms with van der Waals surface area (Å²) in [5.74, 6) is 1.37. The minimum atomic E-state index is -0.145. The van der Waals surface area contributed by atoms with Crippen molar-refractivity contribution in [3.63, 3.8) is 0 Å². The first-order chi connectivity index (χ1) is 12.9. The Bertz CT molecular complexity index is 848. The van der Waals surface area contributed by atoms with E-state index in [4.69, 9.17) is 0 Å². The predicted molar refractivity (Wildman–Crippen MR) is 109 cm³/mol. The summed E-state index contributed by atoms with van der Waals surface area (Å²) >= 11 is 0. The molecular formula is C22H31N3O2. The molecule has 5 heteroatoms. The van der Waals surface area contributed by atoms with E-state index in [1.54, 1.807) is 6.07 Å². The van der Waals surface area contributed by atoms with Crippen LogP contribution >= 0.6 is 0 Å². The molecule has 1 aliphatic rings. The number of aryl methyl sites for hydroxylation is 1. The third-order valence-electron chi connectivity index (χ3n) is 6.36. The van der Waals surface area contributed by atoms with Gasteiger partial charge < -0.3 is 10.3 Å². The molecule has 3 rings (SSSR count). The number of hydrogen-bond acceptors (Lipinski definition) is 3. The van der Waals surface area contributed by atoms with Crippen molar-refractivity contribution in [2.75, 3.05) is 0 Å². The van der Waals surface area contributed by atoms with E-state index in [9.17, 15) is 9.59 Å². The van der Waals surface area contributed by atoms with Gasteiger partial charge in [-0.25, -0.2) is 4.98 Å². The Kier molecular flexibility index (Phi) is 5.98. The SMILES string of the molecule is CCC(C)(C)C1CCC(NC(=O)CCc2nc3ccccc3c(=O)[nH]2)CC1. The van der Waals surface area contributed by atoms with Gasteiger partial charge in [-0.15, -0.1) is 0 Å². The molecule has 1 aromatic heterocycles. The van der Waals surface area contributed by atoms with Crippen molar-refractivity contribution in [3.8, 4) is 0 Å². The number of H-pyrrole nitrogens is 1. The molecule has 1 saturated carbocycles. The Hall–Kier alpha value is -2.17. The second kappa shape index (κ2) is 8.24. The standard InChI is InChI=1S/C22H31N3O2/c1-4-22(2,3)15-9-11-16(12-10-15)23-20(26)14-13-19-24-18-8-6-5-7-17(18)21(27)25-19/h5-8,15-16H,4,9-14H2,1-3H3,(H,23,26)(H,24,25,27). The highest BCUT2D eigenvalue weighted by molar-refractivity contribution is 5.78. The van der Waals surface area contributed by atoms with Crippen LogP contribution < -0.4 is 10.9 Å². The molecule has 1 amide bonds. The van der Waals surface area contributed by atoms with Crippen LogP contribution in [0.5, 0.6) is 0 Å². The predicted octanol–water partition coefficient (Wildman–Crippen LogP) is 3.97. The summed E-state index contributed by atoms with van der Waals surface area (Å²) in [6, 6.07) is 7.55. The molecule has 0 bridgehead atoms. The average Bonchev–Trinajstić information content (AvgIpc) is 2.67. The zero-order chi connectivity index (χ0) is 19.4. The lowest BCUT2D eigenvalue weighted by Crippen LogP contribution is -2.40. The Morgan fingerprint density at radius 2 is 1.93 bits per heavy atom. The summed E-state index contributed by atoms with van der Waals surface area (Å²) < 4.78 is 0. The smallest absolute Gasteiger partial charge is 0.258 e. The first-order valence-corrected chi connectivity index (χ1v) is 10.2. The maximum Gasteiger partial charge on any atom is 0.258 e. The van der Waals surface area contributed by atoms with Gasteiger partial charge in [0.2, 0.25) is 5.91 Å². The van der Waals surface area contributed by atoms with Gasteiger partial charge in [-0.3, -0.25) is 9.59 Å². The van der Waals surface area contributed by atoms with Crippen LogP contribution in [0.2, 0.25) is 0 Å². The number of nitrogens with zero attached hydrogens (tertiary/aromatic N) is 1. The molecule has 5 nitrogen and oxygen atoms in total. The van der Waals surface area contributed by atoms with Crippen molar-refractivity contribution in [1.29, 1.82) is 0 Å². The average molecular weight is 370 g/mol. The minimum absolute atomic E-state index is 0.0454. The monoisotopic (exact) mass is 369 g/mol. The Balaban J connectivity index is 1.50. The van der Waals surface area contributed by atoms with Gasteiger partial charge in [-0.2, -0.15) is 0 Å². The van der Waals surface area contributed by atoms with Gasteiger partial charge in [0, 0.05) is 18.9 Å². The summed E-state index contributed by atoms with van der Waals surface area (Å²) in [4.78, 5) is 31.7. The van der Waals surface area contributed by atoms with Crippen molar-refractivity contribution in [2.24, 2.45) is 11.3 Å². The van der Waals surface area contributed by atoms with E-state index >= 15 is 0 Å². The number of carbonyl (C=O) groups is 1. The number of hydrogen-bond donors (Lipinski definition) is 2. The van der Waals surface area contributed by atoms with E-state index < -0.39 is 0 Å². The largest absolute Gasteiger partial charge is 0.353 e. The number of carbonyl (C=O) groups excluding carboxylic acids is 1. The van der Waals surface area contributed by atoms with E-state index in [1.807, 2.05) is 18.2 Å². The molecular weight excluding hydrogens is 338 g/mol. The highest BCUT2D eigenvalue weighted by Gasteiger charge is 2.32. The van der Waals surface area contributed by atoms with Gasteiger partial charge in [0.05, 0.1) is 10.9 Å². The van der Waals surface area contributed by atoms with Crippen LogP contribution in [0.25, 0.3) is 10.9 Å². The molecule has 0 saturated heterocycles. The molecule has 2 aromatic rings. The highest BCUT2D eigenvalue weighted by Crippen LogP contribution is 2.40. The fourth-order valence-corrected chi connectivity index (χ4v) is 4.09. The van der Waals surface area contributed by atoms with E-state index in [1.165, 1.54) is 19.3 Å². The Morgan fingerprint density at radius 1 is 1.22 bits per heavy atom. The first kappa shape index (κ1) is 19.6. The van der Waals surface area contributed by atoms with Crippen LogP contribution in [0.15, 0.2) is 29.1 Å². The molecule has 1 heterocycles. The number of fused-ring (bicyclic) bond motifs is 1. The number of amides is 1. The first-order valence-electron chi connectivity index (χ1n) is 10.2. The van der Waals surface area contributed by atoms with Crippen LogP contribution in [0, 0.1) is 11.3 Å². The molecule has 0 aliphatic heterocycles. The minimum Gasteiger partial charge on any atom is -0.353 e. The molecule has 0 radical (unpaired) electrons. The lowest BCUT2D eigenvalue weighted by atomic mass is 9.69. The third kappa shape index (κ3) is 4.76. The molecule has 0 atom stereocenters. The summed E-state index contributed by atoms with van der Waals surface area (Å²) in [5.41, 5.74) is 0.921. The summed E-state index contributed by atoms with van der Waals surface area (Å²) in [7, 11) is 0. The maximum atomic E-state index is 12.3. The number of para-hydroxylation sites is 1. The van der Waals surface area contributed by atoms with Crippen LogP contribution in [0.3, 0.4) is 0 Å². The van der Waals surface area contributed by atoms with Crippen molar-refractivity contribution >= 4 is 16.8 Å². The molecule has 2 N–H and O–H groups in total. The van der Waals surface area contributed by atoms with Crippen molar-refractivity contribution in [1.82, 2.24) is 15.3 Å². The quantitative estimate of drug-likeness (QED) is 0.809. The number of nitrogens with one attached hydrogen (secondary N) is 2. The van der Waals surface area contributed by atoms with Crippen LogP contribution in [-0.4, -0.2) is 21.9 Å². The van der Waals surface area contributed by atoms with Gasteiger partial charge in [-0.1, -0.05) is 39.3 Å². The zero-order valence-electron chi connectivity index (χ0n) is 16.7. The van der Waals surface area contributed by atoms with Gasteiger partial charge >= 0.3 is 0 Å². The van der Waals surface area contributed by atoms with E-state index in [0.717, 1.165) is 18.8 Å². The van der Waals surface area contributed by atoms with Crippen molar-refractivity contribution < 1.29 is 4.79 Å². The van der Waals surface area contributed by atoms with Gasteiger partial charge in [0.25, 0.3) is 5.56 Å². The highest BCUT2D eigenvalue weighted by atomic mass is 16.1. The number of aromatic nitrogens is 2. The summed E-state index contributed by atoms with van der Waals surface area (Å²) in [5, 5.41) is 3.75. The van der Waals surface area contributed by atoms with Crippen molar-refractivity contribution in [3.05, 3.63) is 40.4 Å². The lowest BCUT2D eigenvalue weighted by molar-refractivity contribution is -0.122. The lowest BCUT2D eigenvalue weighted by Gasteiger charge is -2.39. The maximum absolute atomic E-state index is 12.3.